The number of amides is 4. The second kappa shape index (κ2) is 8.66. The maximum atomic E-state index is 13.1. The molecular formula is C23H33N3O4. The molecule has 2 aliphatic rings. The molecule has 1 aromatic rings. The van der Waals surface area contributed by atoms with Gasteiger partial charge in [0.15, 0.2) is 0 Å². The van der Waals surface area contributed by atoms with Crippen LogP contribution in [0.25, 0.3) is 0 Å². The second-order valence-corrected chi connectivity index (χ2v) is 9.56. The molecule has 1 heterocycles. The molecule has 3 rings (SSSR count). The van der Waals surface area contributed by atoms with E-state index in [9.17, 15) is 14.4 Å². The van der Waals surface area contributed by atoms with E-state index in [0.29, 0.717) is 25.3 Å². The first-order valence-corrected chi connectivity index (χ1v) is 10.7. The second-order valence-electron chi connectivity index (χ2n) is 9.56. The molecule has 30 heavy (non-hydrogen) atoms. The van der Waals surface area contributed by atoms with Gasteiger partial charge in [0.1, 0.15) is 17.8 Å². The Morgan fingerprint density at radius 2 is 1.93 bits per heavy atom. The van der Waals surface area contributed by atoms with E-state index in [2.05, 4.69) is 31.4 Å². The standard InChI is InChI=1S/C23H33N3O4/c1-16-12-22(2,3)15-23(13-16)20(28)26(21(29)25-23)14-19(27)24-11-5-6-17-7-9-18(30-4)10-8-17/h7-10,16H,5-6,11-15H2,1-4H3,(H,24,27)(H,25,29). The zero-order valence-corrected chi connectivity index (χ0v) is 18.4. The zero-order valence-electron chi connectivity index (χ0n) is 18.4. The zero-order chi connectivity index (χ0) is 21.9. The number of imide groups is 1. The summed E-state index contributed by atoms with van der Waals surface area (Å²) in [5, 5.41) is 5.73. The molecule has 164 valence electrons. The van der Waals surface area contributed by atoms with E-state index < -0.39 is 11.6 Å². The number of urea groups is 1. The fourth-order valence-corrected chi connectivity index (χ4v) is 5.16. The average molecular weight is 416 g/mol. The fourth-order valence-electron chi connectivity index (χ4n) is 5.16. The van der Waals surface area contributed by atoms with Gasteiger partial charge in [-0.25, -0.2) is 4.79 Å². The lowest BCUT2D eigenvalue weighted by atomic mass is 9.64. The summed E-state index contributed by atoms with van der Waals surface area (Å²) in [4.78, 5) is 39.0. The Morgan fingerprint density at radius 3 is 2.57 bits per heavy atom. The van der Waals surface area contributed by atoms with Gasteiger partial charge in [0.05, 0.1) is 7.11 Å². The van der Waals surface area contributed by atoms with Gasteiger partial charge in [-0.3, -0.25) is 14.5 Å². The Balaban J connectivity index is 1.49. The number of carbonyl (C=O) groups is 3. The SMILES string of the molecule is COc1ccc(CCCNC(=O)CN2C(=O)NC3(CC(C)CC(C)(C)C3)C2=O)cc1. The number of aryl methyl sites for hydroxylation is 1. The third kappa shape index (κ3) is 4.94. The van der Waals surface area contributed by atoms with E-state index in [4.69, 9.17) is 4.74 Å². The average Bonchev–Trinajstić information content (AvgIpc) is 2.87. The molecule has 2 unspecified atom stereocenters. The minimum atomic E-state index is -0.868. The normalized spacial score (nSPS) is 25.3. The van der Waals surface area contributed by atoms with E-state index >= 15 is 0 Å². The number of carbonyl (C=O) groups excluding carboxylic acids is 3. The minimum Gasteiger partial charge on any atom is -0.497 e. The van der Waals surface area contributed by atoms with Crippen LogP contribution in [0.5, 0.6) is 5.75 Å². The molecule has 1 aliphatic carbocycles. The Hall–Kier alpha value is -2.57. The minimum absolute atomic E-state index is 0.0274. The summed E-state index contributed by atoms with van der Waals surface area (Å²) >= 11 is 0. The molecule has 2 N–H and O–H groups in total. The molecule has 7 heteroatoms. The molecule has 0 aromatic heterocycles. The maximum absolute atomic E-state index is 13.1. The van der Waals surface area contributed by atoms with Crippen molar-refractivity contribution in [2.24, 2.45) is 11.3 Å². The number of rotatable bonds is 7. The molecular weight excluding hydrogens is 382 g/mol. The molecule has 1 spiro atoms. The van der Waals surface area contributed by atoms with Crippen molar-refractivity contribution in [2.45, 2.75) is 58.4 Å². The monoisotopic (exact) mass is 415 g/mol. The predicted octanol–water partition coefficient (Wildman–Crippen LogP) is 2.88. The molecule has 7 nitrogen and oxygen atoms in total. The molecule has 2 fully saturated rings. The summed E-state index contributed by atoms with van der Waals surface area (Å²) in [6.45, 7) is 6.62. The number of methoxy groups -OCH3 is 1. The van der Waals surface area contributed by atoms with Crippen LogP contribution in [0.2, 0.25) is 0 Å². The van der Waals surface area contributed by atoms with Crippen molar-refractivity contribution in [1.29, 1.82) is 0 Å². The van der Waals surface area contributed by atoms with Gasteiger partial charge in [0, 0.05) is 6.54 Å². The Morgan fingerprint density at radius 1 is 1.23 bits per heavy atom. The molecule has 0 radical (unpaired) electrons. The maximum Gasteiger partial charge on any atom is 0.325 e. The van der Waals surface area contributed by atoms with E-state index in [1.165, 1.54) is 0 Å². The first-order chi connectivity index (χ1) is 14.1. The highest BCUT2D eigenvalue weighted by atomic mass is 16.5. The van der Waals surface area contributed by atoms with E-state index in [-0.39, 0.29) is 23.8 Å². The molecule has 4 amide bonds. The Kier molecular flexibility index (Phi) is 6.38. The summed E-state index contributed by atoms with van der Waals surface area (Å²) in [5.74, 6) is 0.577. The quantitative estimate of drug-likeness (QED) is 0.529. The summed E-state index contributed by atoms with van der Waals surface area (Å²) in [5.41, 5.74) is 0.267. The number of ether oxygens (including phenoxy) is 1. The molecule has 0 bridgehead atoms. The number of nitrogens with one attached hydrogen (secondary N) is 2. The molecule has 1 aromatic carbocycles. The summed E-state index contributed by atoms with van der Waals surface area (Å²) in [7, 11) is 1.63. The van der Waals surface area contributed by atoms with Crippen LogP contribution in [-0.4, -0.2) is 48.5 Å². The molecule has 1 saturated heterocycles. The van der Waals surface area contributed by atoms with Crippen molar-refractivity contribution in [3.8, 4) is 5.75 Å². The van der Waals surface area contributed by atoms with Crippen molar-refractivity contribution < 1.29 is 19.1 Å². The largest absolute Gasteiger partial charge is 0.497 e. The van der Waals surface area contributed by atoms with Gasteiger partial charge < -0.3 is 15.4 Å². The Bertz CT molecular complexity index is 805. The molecule has 2 atom stereocenters. The van der Waals surface area contributed by atoms with Crippen molar-refractivity contribution in [2.75, 3.05) is 20.2 Å². The highest BCUT2D eigenvalue weighted by molar-refractivity contribution is 6.09. The topological polar surface area (TPSA) is 87.7 Å². The number of hydrogen-bond acceptors (Lipinski definition) is 4. The van der Waals surface area contributed by atoms with Crippen molar-refractivity contribution in [3.05, 3.63) is 29.8 Å². The highest BCUT2D eigenvalue weighted by Gasteiger charge is 2.56. The predicted molar refractivity (Wildman–Crippen MR) is 114 cm³/mol. The van der Waals surface area contributed by atoms with Crippen LogP contribution in [0.3, 0.4) is 0 Å². The first kappa shape index (κ1) is 22.1. The number of nitrogens with zero attached hydrogens (tertiary/aromatic N) is 1. The lowest BCUT2D eigenvalue weighted by Crippen LogP contribution is -2.54. The van der Waals surface area contributed by atoms with Gasteiger partial charge in [-0.15, -0.1) is 0 Å². The van der Waals surface area contributed by atoms with Crippen LogP contribution < -0.4 is 15.4 Å². The molecule has 1 saturated carbocycles. The van der Waals surface area contributed by atoms with Crippen LogP contribution in [-0.2, 0) is 16.0 Å². The number of benzene rings is 1. The van der Waals surface area contributed by atoms with Gasteiger partial charge in [0.2, 0.25) is 5.91 Å². The third-order valence-electron chi connectivity index (χ3n) is 6.05. The number of hydrogen-bond donors (Lipinski definition) is 2. The van der Waals surface area contributed by atoms with Crippen molar-refractivity contribution in [1.82, 2.24) is 15.5 Å². The third-order valence-corrected chi connectivity index (χ3v) is 6.05. The van der Waals surface area contributed by atoms with Gasteiger partial charge in [-0.1, -0.05) is 32.9 Å². The van der Waals surface area contributed by atoms with Gasteiger partial charge in [0.25, 0.3) is 5.91 Å². The lowest BCUT2D eigenvalue weighted by molar-refractivity contribution is -0.137. The van der Waals surface area contributed by atoms with Crippen LogP contribution in [0.15, 0.2) is 24.3 Å². The lowest BCUT2D eigenvalue weighted by Gasteiger charge is -2.43. The highest BCUT2D eigenvalue weighted by Crippen LogP contribution is 2.46. The summed E-state index contributed by atoms with van der Waals surface area (Å²) < 4.78 is 5.14. The van der Waals surface area contributed by atoms with Crippen LogP contribution in [0, 0.1) is 11.3 Å². The first-order valence-electron chi connectivity index (χ1n) is 10.7. The Labute approximate surface area is 178 Å². The van der Waals surface area contributed by atoms with E-state index in [1.54, 1.807) is 7.11 Å². The van der Waals surface area contributed by atoms with Crippen molar-refractivity contribution >= 4 is 17.8 Å². The van der Waals surface area contributed by atoms with Crippen molar-refractivity contribution in [3.63, 3.8) is 0 Å². The van der Waals surface area contributed by atoms with Gasteiger partial charge in [-0.2, -0.15) is 0 Å². The van der Waals surface area contributed by atoms with Gasteiger partial charge >= 0.3 is 6.03 Å². The fraction of sp³-hybridized carbons (Fsp3) is 0.609. The van der Waals surface area contributed by atoms with Crippen LogP contribution >= 0.6 is 0 Å². The summed E-state index contributed by atoms with van der Waals surface area (Å²) in [6, 6.07) is 7.36. The van der Waals surface area contributed by atoms with Gasteiger partial charge in [-0.05, 0) is 61.1 Å². The van der Waals surface area contributed by atoms with Crippen LogP contribution in [0.4, 0.5) is 4.79 Å². The van der Waals surface area contributed by atoms with Crippen LogP contribution in [0.1, 0.15) is 52.0 Å². The van der Waals surface area contributed by atoms with E-state index in [0.717, 1.165) is 35.5 Å². The smallest absolute Gasteiger partial charge is 0.325 e. The summed E-state index contributed by atoms with van der Waals surface area (Å²) in [6.07, 6.45) is 3.85. The van der Waals surface area contributed by atoms with E-state index in [1.807, 2.05) is 24.3 Å². The molecule has 1 aliphatic heterocycles.